The number of ether oxygens (including phenoxy) is 1. The van der Waals surface area contributed by atoms with E-state index in [9.17, 15) is 9.59 Å². The number of fused-ring (bicyclic) bond motifs is 3. The molecule has 3 rings (SSSR count). The highest BCUT2D eigenvalue weighted by Gasteiger charge is 2.17. The molecule has 0 spiro atoms. The lowest BCUT2D eigenvalue weighted by Crippen LogP contribution is -2.34. The number of rotatable bonds is 3. The number of hydrogen-bond acceptors (Lipinski definition) is 3. The standard InChI is InChI=1S/C21H20INO3/c1-21(2,3)26-19(24)12-23-20(25)14-9-8-13-11-18(22)16-7-5-4-6-15(16)17(13)10-14/h4-11H,12H2,1-3H3,(H,23,25). The van der Waals surface area contributed by atoms with Gasteiger partial charge in [-0.3, -0.25) is 9.59 Å². The summed E-state index contributed by atoms with van der Waals surface area (Å²) in [4.78, 5) is 24.2. The van der Waals surface area contributed by atoms with Crippen LogP contribution in [0, 0.1) is 3.57 Å². The quantitative estimate of drug-likeness (QED) is 0.351. The van der Waals surface area contributed by atoms with Gasteiger partial charge in [-0.1, -0.05) is 30.3 Å². The van der Waals surface area contributed by atoms with Crippen molar-refractivity contribution in [1.29, 1.82) is 0 Å². The molecule has 0 saturated heterocycles. The molecule has 0 aliphatic heterocycles. The molecule has 0 saturated carbocycles. The molecule has 0 unspecified atom stereocenters. The lowest BCUT2D eigenvalue weighted by atomic mass is 10.00. The van der Waals surface area contributed by atoms with Gasteiger partial charge in [-0.05, 0) is 83.1 Å². The van der Waals surface area contributed by atoms with Crippen LogP contribution in [0.2, 0.25) is 0 Å². The zero-order valence-electron chi connectivity index (χ0n) is 14.9. The van der Waals surface area contributed by atoms with Crippen LogP contribution < -0.4 is 5.32 Å². The number of benzene rings is 3. The third-order valence-electron chi connectivity index (χ3n) is 3.89. The van der Waals surface area contributed by atoms with Crippen LogP contribution in [0.15, 0.2) is 48.5 Å². The summed E-state index contributed by atoms with van der Waals surface area (Å²) in [6.45, 7) is 5.23. The summed E-state index contributed by atoms with van der Waals surface area (Å²) in [5.74, 6) is -0.743. The molecule has 0 bridgehead atoms. The maximum atomic E-state index is 12.4. The van der Waals surface area contributed by atoms with Gasteiger partial charge in [0.25, 0.3) is 5.91 Å². The molecule has 134 valence electrons. The molecule has 0 aliphatic carbocycles. The predicted molar refractivity (Wildman–Crippen MR) is 112 cm³/mol. The average molecular weight is 461 g/mol. The van der Waals surface area contributed by atoms with Crippen LogP contribution in [0.25, 0.3) is 21.5 Å². The highest BCUT2D eigenvalue weighted by Crippen LogP contribution is 2.30. The molecule has 1 amide bonds. The van der Waals surface area contributed by atoms with Gasteiger partial charge in [0, 0.05) is 9.13 Å². The third-order valence-corrected chi connectivity index (χ3v) is 4.78. The van der Waals surface area contributed by atoms with E-state index in [4.69, 9.17) is 4.74 Å². The zero-order valence-corrected chi connectivity index (χ0v) is 17.1. The van der Waals surface area contributed by atoms with Crippen molar-refractivity contribution in [2.24, 2.45) is 0 Å². The van der Waals surface area contributed by atoms with E-state index in [0.717, 1.165) is 21.5 Å². The summed E-state index contributed by atoms with van der Waals surface area (Å²) < 4.78 is 6.38. The minimum absolute atomic E-state index is 0.151. The lowest BCUT2D eigenvalue weighted by Gasteiger charge is -2.19. The van der Waals surface area contributed by atoms with Crippen LogP contribution in [-0.4, -0.2) is 24.0 Å². The van der Waals surface area contributed by atoms with Crippen molar-refractivity contribution < 1.29 is 14.3 Å². The van der Waals surface area contributed by atoms with Crippen LogP contribution in [-0.2, 0) is 9.53 Å². The molecule has 3 aromatic rings. The van der Waals surface area contributed by atoms with Gasteiger partial charge in [-0.15, -0.1) is 0 Å². The third kappa shape index (κ3) is 4.15. The first-order valence-electron chi connectivity index (χ1n) is 8.36. The van der Waals surface area contributed by atoms with Gasteiger partial charge in [-0.2, -0.15) is 0 Å². The Kier molecular flexibility index (Phi) is 5.18. The number of halogens is 1. The molecule has 0 aromatic heterocycles. The Bertz CT molecular complexity index is 1010. The minimum Gasteiger partial charge on any atom is -0.459 e. The maximum absolute atomic E-state index is 12.4. The number of nitrogens with one attached hydrogen (secondary N) is 1. The van der Waals surface area contributed by atoms with Crippen molar-refractivity contribution in [3.05, 3.63) is 57.7 Å². The summed E-state index contributed by atoms with van der Waals surface area (Å²) >= 11 is 2.33. The van der Waals surface area contributed by atoms with Gasteiger partial charge >= 0.3 is 5.97 Å². The second-order valence-electron chi connectivity index (χ2n) is 7.11. The second kappa shape index (κ2) is 7.23. The van der Waals surface area contributed by atoms with Crippen LogP contribution in [0.1, 0.15) is 31.1 Å². The van der Waals surface area contributed by atoms with Crippen molar-refractivity contribution in [3.8, 4) is 0 Å². The van der Waals surface area contributed by atoms with E-state index in [0.29, 0.717) is 5.56 Å². The smallest absolute Gasteiger partial charge is 0.325 e. The van der Waals surface area contributed by atoms with Crippen molar-refractivity contribution in [3.63, 3.8) is 0 Å². The molecule has 0 heterocycles. The molecular weight excluding hydrogens is 441 g/mol. The summed E-state index contributed by atoms with van der Waals surface area (Å²) in [6, 6.07) is 15.8. The van der Waals surface area contributed by atoms with Crippen molar-refractivity contribution in [2.75, 3.05) is 6.54 Å². The molecule has 0 fully saturated rings. The van der Waals surface area contributed by atoms with E-state index in [-0.39, 0.29) is 12.5 Å². The van der Waals surface area contributed by atoms with Gasteiger partial charge in [0.15, 0.2) is 0 Å². The van der Waals surface area contributed by atoms with E-state index in [1.54, 1.807) is 26.8 Å². The molecule has 0 atom stereocenters. The van der Waals surface area contributed by atoms with Crippen molar-refractivity contribution in [2.45, 2.75) is 26.4 Å². The fourth-order valence-corrected chi connectivity index (χ4v) is 3.64. The minimum atomic E-state index is -0.569. The van der Waals surface area contributed by atoms with Crippen molar-refractivity contribution in [1.82, 2.24) is 5.32 Å². The fourth-order valence-electron chi connectivity index (χ4n) is 2.83. The number of esters is 1. The van der Waals surface area contributed by atoms with Crippen LogP contribution >= 0.6 is 22.6 Å². The Morgan fingerprint density at radius 3 is 2.38 bits per heavy atom. The first-order chi connectivity index (χ1) is 12.2. The molecule has 0 radical (unpaired) electrons. The topological polar surface area (TPSA) is 55.4 Å². The predicted octanol–water partition coefficient (Wildman–Crippen LogP) is 4.67. The normalized spacial score (nSPS) is 11.5. The van der Waals surface area contributed by atoms with Gasteiger partial charge in [0.05, 0.1) is 0 Å². The average Bonchev–Trinajstić information content (AvgIpc) is 2.58. The largest absolute Gasteiger partial charge is 0.459 e. The van der Waals surface area contributed by atoms with E-state index in [1.165, 1.54) is 3.57 Å². The molecular formula is C21H20INO3. The number of carbonyl (C=O) groups is 2. The van der Waals surface area contributed by atoms with E-state index < -0.39 is 11.6 Å². The number of amides is 1. The Morgan fingerprint density at radius 1 is 1.00 bits per heavy atom. The van der Waals surface area contributed by atoms with Gasteiger partial charge in [-0.25, -0.2) is 0 Å². The van der Waals surface area contributed by atoms with E-state index >= 15 is 0 Å². The molecule has 4 nitrogen and oxygen atoms in total. The first-order valence-corrected chi connectivity index (χ1v) is 9.43. The molecule has 0 aliphatic rings. The molecule has 26 heavy (non-hydrogen) atoms. The maximum Gasteiger partial charge on any atom is 0.325 e. The fraction of sp³-hybridized carbons (Fsp3) is 0.238. The Hall–Kier alpha value is -2.15. The first kappa shape index (κ1) is 18.6. The van der Waals surface area contributed by atoms with Crippen LogP contribution in [0.5, 0.6) is 0 Å². The van der Waals surface area contributed by atoms with Gasteiger partial charge < -0.3 is 10.1 Å². The Morgan fingerprint density at radius 2 is 1.69 bits per heavy atom. The van der Waals surface area contributed by atoms with Gasteiger partial charge in [0.1, 0.15) is 12.1 Å². The van der Waals surface area contributed by atoms with E-state index in [2.05, 4.69) is 46.1 Å². The summed E-state index contributed by atoms with van der Waals surface area (Å²) in [6.07, 6.45) is 0. The van der Waals surface area contributed by atoms with Crippen LogP contribution in [0.4, 0.5) is 0 Å². The van der Waals surface area contributed by atoms with Gasteiger partial charge in [0.2, 0.25) is 0 Å². The molecule has 1 N–H and O–H groups in total. The summed E-state index contributed by atoms with van der Waals surface area (Å²) in [5, 5.41) is 7.00. The monoisotopic (exact) mass is 461 g/mol. The van der Waals surface area contributed by atoms with Crippen LogP contribution in [0.3, 0.4) is 0 Å². The molecule has 5 heteroatoms. The SMILES string of the molecule is CC(C)(C)OC(=O)CNC(=O)c1ccc2cc(I)c3ccccc3c2c1. The van der Waals surface area contributed by atoms with Crippen molar-refractivity contribution >= 4 is 56.0 Å². The number of hydrogen-bond donors (Lipinski definition) is 1. The number of carbonyl (C=O) groups excluding carboxylic acids is 2. The summed E-state index contributed by atoms with van der Waals surface area (Å²) in [5.41, 5.74) is -0.0479. The summed E-state index contributed by atoms with van der Waals surface area (Å²) in [7, 11) is 0. The molecule has 3 aromatic carbocycles. The Balaban J connectivity index is 1.87. The van der Waals surface area contributed by atoms with E-state index in [1.807, 2.05) is 24.3 Å². The lowest BCUT2D eigenvalue weighted by molar-refractivity contribution is -0.153. The highest BCUT2D eigenvalue weighted by molar-refractivity contribution is 14.1. The second-order valence-corrected chi connectivity index (χ2v) is 8.27. The Labute approximate surface area is 166 Å². The highest BCUT2D eigenvalue weighted by atomic mass is 127. The zero-order chi connectivity index (χ0) is 18.9.